The van der Waals surface area contributed by atoms with E-state index in [1.54, 1.807) is 0 Å². The molecule has 1 atom stereocenters. The molecule has 0 radical (unpaired) electrons. The van der Waals surface area contributed by atoms with Crippen LogP contribution in [0.3, 0.4) is 0 Å². The molecule has 0 bridgehead atoms. The summed E-state index contributed by atoms with van der Waals surface area (Å²) in [5.74, 6) is 1.94. The van der Waals surface area contributed by atoms with Gasteiger partial charge in [-0.25, -0.2) is 0 Å². The number of aromatic nitrogens is 2. The first kappa shape index (κ1) is 16.4. The van der Waals surface area contributed by atoms with Gasteiger partial charge in [0, 0.05) is 25.2 Å². The number of ether oxygens (including phenoxy) is 1. The molecule has 1 aromatic heterocycles. The molecule has 2 fully saturated rings. The van der Waals surface area contributed by atoms with Gasteiger partial charge in [0.25, 0.3) is 0 Å². The van der Waals surface area contributed by atoms with E-state index in [9.17, 15) is 4.79 Å². The SMILES string of the molecule is Cc1noc(C2CCC(NC(=O)C(N)C3CCOCC3)CC2)n1. The average Bonchev–Trinajstić information content (AvgIpc) is 3.02. The second-order valence-corrected chi connectivity index (χ2v) is 6.71. The molecule has 2 aliphatic rings. The summed E-state index contributed by atoms with van der Waals surface area (Å²) in [5, 5.41) is 6.97. The van der Waals surface area contributed by atoms with Gasteiger partial charge in [-0.1, -0.05) is 5.16 Å². The Bertz CT molecular complexity index is 519. The van der Waals surface area contributed by atoms with E-state index in [-0.39, 0.29) is 17.9 Å². The van der Waals surface area contributed by atoms with Crippen LogP contribution in [0, 0.1) is 12.8 Å². The Morgan fingerprint density at radius 3 is 2.52 bits per heavy atom. The fourth-order valence-corrected chi connectivity index (χ4v) is 3.55. The van der Waals surface area contributed by atoms with Crippen molar-refractivity contribution in [2.75, 3.05) is 13.2 Å². The molecule has 128 valence electrons. The highest BCUT2D eigenvalue weighted by Crippen LogP contribution is 2.32. The first-order valence-corrected chi connectivity index (χ1v) is 8.57. The molecule has 0 aromatic carbocycles. The molecular weight excluding hydrogens is 296 g/mol. The van der Waals surface area contributed by atoms with Gasteiger partial charge in [0.2, 0.25) is 11.8 Å². The summed E-state index contributed by atoms with van der Waals surface area (Å²) in [6.45, 7) is 3.25. The molecule has 3 N–H and O–H groups in total. The maximum absolute atomic E-state index is 12.3. The highest BCUT2D eigenvalue weighted by atomic mass is 16.5. The lowest BCUT2D eigenvalue weighted by atomic mass is 9.85. The van der Waals surface area contributed by atoms with Gasteiger partial charge in [0.05, 0.1) is 6.04 Å². The van der Waals surface area contributed by atoms with Crippen molar-refractivity contribution in [2.24, 2.45) is 11.7 Å². The van der Waals surface area contributed by atoms with Gasteiger partial charge in [-0.2, -0.15) is 4.98 Å². The molecule has 0 spiro atoms. The maximum atomic E-state index is 12.3. The fourth-order valence-electron chi connectivity index (χ4n) is 3.55. The van der Waals surface area contributed by atoms with Gasteiger partial charge >= 0.3 is 0 Å². The van der Waals surface area contributed by atoms with Crippen LogP contribution < -0.4 is 11.1 Å². The highest BCUT2D eigenvalue weighted by Gasteiger charge is 2.30. The smallest absolute Gasteiger partial charge is 0.237 e. The third kappa shape index (κ3) is 4.09. The van der Waals surface area contributed by atoms with Crippen LogP contribution in [0.5, 0.6) is 0 Å². The summed E-state index contributed by atoms with van der Waals surface area (Å²) in [7, 11) is 0. The quantitative estimate of drug-likeness (QED) is 0.865. The summed E-state index contributed by atoms with van der Waals surface area (Å²) in [6.07, 6.45) is 5.52. The minimum absolute atomic E-state index is 0.0195. The lowest BCUT2D eigenvalue weighted by Crippen LogP contribution is -2.50. The van der Waals surface area contributed by atoms with Crippen molar-refractivity contribution in [3.63, 3.8) is 0 Å². The predicted molar refractivity (Wildman–Crippen MR) is 83.7 cm³/mol. The van der Waals surface area contributed by atoms with Gasteiger partial charge in [-0.15, -0.1) is 0 Å². The summed E-state index contributed by atoms with van der Waals surface area (Å²) in [5.41, 5.74) is 6.13. The number of hydrogen-bond donors (Lipinski definition) is 2. The number of nitrogens with one attached hydrogen (secondary N) is 1. The maximum Gasteiger partial charge on any atom is 0.237 e. The van der Waals surface area contributed by atoms with Crippen LogP contribution in [0.2, 0.25) is 0 Å². The van der Waals surface area contributed by atoms with Crippen LogP contribution in [0.25, 0.3) is 0 Å². The Kier molecular flexibility index (Phi) is 5.27. The second kappa shape index (κ2) is 7.40. The zero-order valence-corrected chi connectivity index (χ0v) is 13.7. The molecule has 7 heteroatoms. The van der Waals surface area contributed by atoms with E-state index in [0.29, 0.717) is 25.0 Å². The topological polar surface area (TPSA) is 103 Å². The minimum atomic E-state index is -0.421. The Balaban J connectivity index is 1.45. The monoisotopic (exact) mass is 322 g/mol. The fraction of sp³-hybridized carbons (Fsp3) is 0.812. The molecule has 1 aliphatic carbocycles. The van der Waals surface area contributed by atoms with Gasteiger partial charge < -0.3 is 20.3 Å². The first-order chi connectivity index (χ1) is 11.1. The zero-order valence-electron chi connectivity index (χ0n) is 13.7. The average molecular weight is 322 g/mol. The number of aryl methyl sites for hydroxylation is 1. The summed E-state index contributed by atoms with van der Waals surface area (Å²) in [4.78, 5) is 16.7. The van der Waals surface area contributed by atoms with Crippen LogP contribution in [0.4, 0.5) is 0 Å². The Morgan fingerprint density at radius 1 is 1.22 bits per heavy atom. The van der Waals surface area contributed by atoms with E-state index < -0.39 is 6.04 Å². The van der Waals surface area contributed by atoms with Crippen molar-refractivity contribution >= 4 is 5.91 Å². The van der Waals surface area contributed by atoms with Crippen LogP contribution in [-0.2, 0) is 9.53 Å². The van der Waals surface area contributed by atoms with Crippen molar-refractivity contribution < 1.29 is 14.1 Å². The number of carbonyl (C=O) groups excluding carboxylic acids is 1. The molecule has 2 heterocycles. The Morgan fingerprint density at radius 2 is 1.91 bits per heavy atom. The molecule has 1 aliphatic heterocycles. The van der Waals surface area contributed by atoms with E-state index >= 15 is 0 Å². The number of nitrogens with two attached hydrogens (primary N) is 1. The van der Waals surface area contributed by atoms with E-state index in [4.69, 9.17) is 15.0 Å². The van der Waals surface area contributed by atoms with Crippen LogP contribution in [0.15, 0.2) is 4.52 Å². The summed E-state index contributed by atoms with van der Waals surface area (Å²) >= 11 is 0. The van der Waals surface area contributed by atoms with Gasteiger partial charge in [0.1, 0.15) is 0 Å². The number of amides is 1. The lowest BCUT2D eigenvalue weighted by molar-refractivity contribution is -0.125. The Labute approximate surface area is 136 Å². The van der Waals surface area contributed by atoms with E-state index in [0.717, 1.165) is 44.4 Å². The molecule has 23 heavy (non-hydrogen) atoms. The van der Waals surface area contributed by atoms with Crippen LogP contribution in [0.1, 0.15) is 56.2 Å². The second-order valence-electron chi connectivity index (χ2n) is 6.71. The van der Waals surface area contributed by atoms with Crippen molar-refractivity contribution in [3.05, 3.63) is 11.7 Å². The third-order valence-corrected chi connectivity index (χ3v) is 5.04. The predicted octanol–water partition coefficient (Wildman–Crippen LogP) is 1.27. The molecule has 1 saturated carbocycles. The largest absolute Gasteiger partial charge is 0.381 e. The van der Waals surface area contributed by atoms with Gasteiger partial charge in [-0.05, 0) is 51.4 Å². The number of carbonyl (C=O) groups is 1. The third-order valence-electron chi connectivity index (χ3n) is 5.04. The summed E-state index contributed by atoms with van der Waals surface area (Å²) < 4.78 is 10.6. The molecule has 1 saturated heterocycles. The normalized spacial score (nSPS) is 27.6. The highest BCUT2D eigenvalue weighted by molar-refractivity contribution is 5.82. The van der Waals surface area contributed by atoms with Crippen LogP contribution in [-0.4, -0.2) is 41.3 Å². The summed E-state index contributed by atoms with van der Waals surface area (Å²) in [6, 6.07) is -0.219. The molecule has 1 aromatic rings. The van der Waals surface area contributed by atoms with Crippen molar-refractivity contribution in [2.45, 2.75) is 63.5 Å². The minimum Gasteiger partial charge on any atom is -0.381 e. The lowest BCUT2D eigenvalue weighted by Gasteiger charge is -2.31. The standard InChI is InChI=1S/C16H26N4O3/c1-10-18-16(23-20-10)12-2-4-13(5-3-12)19-15(21)14(17)11-6-8-22-9-7-11/h11-14H,2-9,17H2,1H3,(H,19,21). The first-order valence-electron chi connectivity index (χ1n) is 8.57. The Hall–Kier alpha value is -1.47. The molecule has 3 rings (SSSR count). The number of nitrogens with zero attached hydrogens (tertiary/aromatic N) is 2. The molecular formula is C16H26N4O3. The van der Waals surface area contributed by atoms with E-state index in [1.807, 2.05) is 6.92 Å². The molecule has 1 unspecified atom stereocenters. The van der Waals surface area contributed by atoms with E-state index in [2.05, 4.69) is 15.5 Å². The van der Waals surface area contributed by atoms with Crippen molar-refractivity contribution in [3.8, 4) is 0 Å². The van der Waals surface area contributed by atoms with Crippen LogP contribution >= 0.6 is 0 Å². The van der Waals surface area contributed by atoms with Crippen molar-refractivity contribution in [1.29, 1.82) is 0 Å². The zero-order chi connectivity index (χ0) is 16.2. The van der Waals surface area contributed by atoms with Gasteiger partial charge in [-0.3, -0.25) is 4.79 Å². The number of rotatable bonds is 4. The number of hydrogen-bond acceptors (Lipinski definition) is 6. The molecule has 1 amide bonds. The van der Waals surface area contributed by atoms with Gasteiger partial charge in [0.15, 0.2) is 5.82 Å². The molecule has 7 nitrogen and oxygen atoms in total. The van der Waals surface area contributed by atoms with Crippen molar-refractivity contribution in [1.82, 2.24) is 15.5 Å². The van der Waals surface area contributed by atoms with E-state index in [1.165, 1.54) is 0 Å².